The molecule has 3 aliphatic rings. The zero-order chi connectivity index (χ0) is 22.4. The summed E-state index contributed by atoms with van der Waals surface area (Å²) in [5.74, 6) is -0.522. The molecule has 2 bridgehead atoms. The van der Waals surface area contributed by atoms with E-state index in [9.17, 15) is 9.59 Å². The van der Waals surface area contributed by atoms with Crippen LogP contribution in [0.15, 0.2) is 42.5 Å². The Labute approximate surface area is 185 Å². The van der Waals surface area contributed by atoms with Gasteiger partial charge < -0.3 is 18.9 Å². The number of nitrogens with zero attached hydrogens (tertiary/aromatic N) is 1. The smallest absolute Gasteiger partial charge is 0.461 e. The van der Waals surface area contributed by atoms with E-state index in [2.05, 4.69) is 6.08 Å². The Morgan fingerprint density at radius 3 is 2.42 bits per heavy atom. The van der Waals surface area contributed by atoms with E-state index in [0.717, 1.165) is 12.8 Å². The molecule has 0 aliphatic carbocycles. The van der Waals surface area contributed by atoms with Gasteiger partial charge in [-0.1, -0.05) is 30.4 Å². The van der Waals surface area contributed by atoms with Crippen molar-refractivity contribution in [1.82, 2.24) is 4.90 Å². The molecular formula is C24H32BNO5. The summed E-state index contributed by atoms with van der Waals surface area (Å²) in [6.07, 6.45) is 6.88. The molecule has 31 heavy (non-hydrogen) atoms. The molecule has 0 unspecified atom stereocenters. The van der Waals surface area contributed by atoms with Crippen LogP contribution in [0.5, 0.6) is 0 Å². The lowest BCUT2D eigenvalue weighted by molar-refractivity contribution is -0.152. The van der Waals surface area contributed by atoms with E-state index in [0.29, 0.717) is 18.3 Å². The second-order valence-corrected chi connectivity index (χ2v) is 9.84. The van der Waals surface area contributed by atoms with Crippen molar-refractivity contribution in [3.63, 3.8) is 0 Å². The maximum absolute atomic E-state index is 13.4. The fourth-order valence-corrected chi connectivity index (χ4v) is 5.29. The number of fused-ring (bicyclic) bond motifs is 2. The van der Waals surface area contributed by atoms with E-state index in [4.69, 9.17) is 14.0 Å². The molecule has 1 aromatic rings. The van der Waals surface area contributed by atoms with Crippen molar-refractivity contribution in [1.29, 1.82) is 0 Å². The number of ether oxygens (including phenoxy) is 1. The Morgan fingerprint density at radius 1 is 1.16 bits per heavy atom. The van der Waals surface area contributed by atoms with Gasteiger partial charge in [0, 0.05) is 23.8 Å². The highest BCUT2D eigenvalue weighted by molar-refractivity contribution is 6.46. The van der Waals surface area contributed by atoms with Gasteiger partial charge in [0.2, 0.25) is 0 Å². The highest BCUT2D eigenvalue weighted by atomic mass is 16.7. The molecule has 0 spiro atoms. The third-order valence-corrected chi connectivity index (χ3v) is 7.57. The highest BCUT2D eigenvalue weighted by Gasteiger charge is 2.64. The first-order valence-electron chi connectivity index (χ1n) is 11.1. The molecule has 3 heterocycles. The topological polar surface area (TPSA) is 65.1 Å². The molecule has 3 aliphatic heterocycles. The van der Waals surface area contributed by atoms with Crippen LogP contribution in [0.4, 0.5) is 0 Å². The van der Waals surface area contributed by atoms with Crippen molar-refractivity contribution in [2.24, 2.45) is 5.92 Å². The fourth-order valence-electron chi connectivity index (χ4n) is 5.29. The number of benzene rings is 1. The lowest BCUT2D eigenvalue weighted by Gasteiger charge is -2.35. The highest BCUT2D eigenvalue weighted by Crippen LogP contribution is 2.52. The van der Waals surface area contributed by atoms with Crippen molar-refractivity contribution >= 4 is 19.0 Å². The van der Waals surface area contributed by atoms with Crippen LogP contribution < -0.4 is 0 Å². The molecule has 6 nitrogen and oxygen atoms in total. The second kappa shape index (κ2) is 7.78. The van der Waals surface area contributed by atoms with E-state index in [1.807, 2.05) is 52.0 Å². The first-order chi connectivity index (χ1) is 14.6. The number of hydrogen-bond donors (Lipinski definition) is 0. The van der Waals surface area contributed by atoms with Crippen LogP contribution >= 0.6 is 0 Å². The molecule has 3 atom stereocenters. The zero-order valence-corrected chi connectivity index (χ0v) is 19.1. The summed E-state index contributed by atoms with van der Waals surface area (Å²) in [5, 5.41) is 0. The van der Waals surface area contributed by atoms with Crippen LogP contribution in [0.3, 0.4) is 0 Å². The summed E-state index contributed by atoms with van der Waals surface area (Å²) < 4.78 is 17.4. The summed E-state index contributed by atoms with van der Waals surface area (Å²) in [6.45, 7) is 8.13. The van der Waals surface area contributed by atoms with Gasteiger partial charge >= 0.3 is 13.1 Å². The maximum Gasteiger partial charge on any atom is 0.461 e. The molecule has 1 amide bonds. The van der Waals surface area contributed by atoms with Crippen LogP contribution in [-0.4, -0.2) is 53.8 Å². The van der Waals surface area contributed by atoms with Gasteiger partial charge in [0.25, 0.3) is 5.91 Å². The van der Waals surface area contributed by atoms with E-state index < -0.39 is 5.54 Å². The van der Waals surface area contributed by atoms with Gasteiger partial charge in [0.05, 0.1) is 18.3 Å². The van der Waals surface area contributed by atoms with Crippen molar-refractivity contribution < 1.29 is 23.6 Å². The third kappa shape index (κ3) is 3.52. The van der Waals surface area contributed by atoms with Crippen molar-refractivity contribution in [3.05, 3.63) is 48.0 Å². The first kappa shape index (κ1) is 22.1. The summed E-state index contributed by atoms with van der Waals surface area (Å²) in [6, 6.07) is 9.21. The molecule has 0 aromatic heterocycles. The van der Waals surface area contributed by atoms with E-state index >= 15 is 0 Å². The SMILES string of the molecule is COC(=O)[C@@]12CC[C@H](C[C@H]1/C=C/CB1OC(C)(C)C(C)(C)O1)N2C(=O)c1ccccc1. The van der Waals surface area contributed by atoms with Crippen LogP contribution in [-0.2, 0) is 18.8 Å². The van der Waals surface area contributed by atoms with Gasteiger partial charge in [-0.05, 0) is 59.1 Å². The second-order valence-electron chi connectivity index (χ2n) is 9.84. The van der Waals surface area contributed by atoms with Crippen LogP contribution in [0.1, 0.15) is 57.3 Å². The fraction of sp³-hybridized carbons (Fsp3) is 0.583. The number of methoxy groups -OCH3 is 1. The average molecular weight is 425 g/mol. The number of rotatable bonds is 5. The third-order valence-electron chi connectivity index (χ3n) is 7.57. The predicted octanol–water partition coefficient (Wildman–Crippen LogP) is 3.87. The summed E-state index contributed by atoms with van der Waals surface area (Å²) in [4.78, 5) is 28.2. The molecule has 0 saturated carbocycles. The average Bonchev–Trinajstić information content (AvgIpc) is 3.33. The van der Waals surface area contributed by atoms with Crippen molar-refractivity contribution in [2.45, 2.75) is 76.1 Å². The number of carbonyl (C=O) groups is 2. The number of allylic oxidation sites excluding steroid dienone is 1. The van der Waals surface area contributed by atoms with Gasteiger partial charge in [-0.2, -0.15) is 0 Å². The number of esters is 1. The molecule has 4 rings (SSSR count). The largest absolute Gasteiger partial charge is 0.467 e. The molecule has 1 aromatic carbocycles. The Hall–Kier alpha value is -2.12. The van der Waals surface area contributed by atoms with E-state index in [-0.39, 0.29) is 42.2 Å². The number of carbonyl (C=O) groups excluding carboxylic acids is 2. The first-order valence-corrected chi connectivity index (χ1v) is 11.1. The molecule has 7 heteroatoms. The van der Waals surface area contributed by atoms with E-state index in [1.165, 1.54) is 7.11 Å². The van der Waals surface area contributed by atoms with Gasteiger partial charge in [-0.3, -0.25) is 4.79 Å². The van der Waals surface area contributed by atoms with Gasteiger partial charge in [-0.25, -0.2) is 4.79 Å². The van der Waals surface area contributed by atoms with Crippen LogP contribution in [0.25, 0.3) is 0 Å². The molecular weight excluding hydrogens is 393 g/mol. The van der Waals surface area contributed by atoms with Gasteiger partial charge in [-0.15, -0.1) is 0 Å². The monoisotopic (exact) mass is 425 g/mol. The minimum atomic E-state index is -0.946. The molecule has 0 radical (unpaired) electrons. The lowest BCUT2D eigenvalue weighted by Crippen LogP contribution is -2.54. The summed E-state index contributed by atoms with van der Waals surface area (Å²) in [7, 11) is 1.08. The quantitative estimate of drug-likeness (QED) is 0.407. The lowest BCUT2D eigenvalue weighted by atomic mass is 9.76. The van der Waals surface area contributed by atoms with Gasteiger partial charge in [0.15, 0.2) is 0 Å². The molecule has 0 N–H and O–H groups in total. The van der Waals surface area contributed by atoms with Gasteiger partial charge in [0.1, 0.15) is 5.54 Å². The minimum absolute atomic E-state index is 0.0401. The number of hydrogen-bond acceptors (Lipinski definition) is 5. The van der Waals surface area contributed by atoms with E-state index in [1.54, 1.807) is 17.0 Å². The normalized spacial score (nSPS) is 30.9. The zero-order valence-electron chi connectivity index (χ0n) is 19.1. The Morgan fingerprint density at radius 2 is 1.81 bits per heavy atom. The minimum Gasteiger partial charge on any atom is -0.467 e. The standard InChI is InChI=1S/C24H32BNO5/c1-22(2)23(3,4)31-25(30-22)15-9-12-18-16-19-13-14-24(18,21(28)29-5)26(19)20(27)17-10-7-6-8-11-17/h6-12,18-19H,13-16H2,1-5H3/b12-9+/t18-,19-,24-/m1/s1. The predicted molar refractivity (Wildman–Crippen MR) is 119 cm³/mol. The summed E-state index contributed by atoms with van der Waals surface area (Å²) in [5.41, 5.74) is -1.09. The van der Waals surface area contributed by atoms with Crippen molar-refractivity contribution in [3.8, 4) is 0 Å². The van der Waals surface area contributed by atoms with Crippen molar-refractivity contribution in [2.75, 3.05) is 7.11 Å². The summed E-state index contributed by atoms with van der Waals surface area (Å²) >= 11 is 0. The van der Waals surface area contributed by atoms with Crippen LogP contribution in [0.2, 0.25) is 6.32 Å². The maximum atomic E-state index is 13.4. The molecule has 3 fully saturated rings. The Balaban J connectivity index is 1.54. The number of amides is 1. The molecule has 3 saturated heterocycles. The molecule has 166 valence electrons. The Kier molecular flexibility index (Phi) is 5.55. The van der Waals surface area contributed by atoms with Crippen LogP contribution in [0, 0.1) is 5.92 Å². The Bertz CT molecular complexity index is 867.